The van der Waals surface area contributed by atoms with Gasteiger partial charge in [-0.2, -0.15) is 0 Å². The Morgan fingerprint density at radius 2 is 2.42 bits per heavy atom. The van der Waals surface area contributed by atoms with Gasteiger partial charge in [-0.3, -0.25) is 4.79 Å². The van der Waals surface area contributed by atoms with Crippen molar-refractivity contribution in [3.63, 3.8) is 0 Å². The average Bonchev–Trinajstić information content (AvgIpc) is 2.03. The highest BCUT2D eigenvalue weighted by molar-refractivity contribution is 9.10. The van der Waals surface area contributed by atoms with Crippen LogP contribution in [0.4, 0.5) is 5.82 Å². The van der Waals surface area contributed by atoms with Crippen molar-refractivity contribution in [2.75, 3.05) is 5.48 Å². The number of halogens is 1. The molecule has 1 aromatic heterocycles. The van der Waals surface area contributed by atoms with Gasteiger partial charge in [0.25, 0.3) is 0 Å². The second-order valence-electron chi connectivity index (χ2n) is 2.06. The van der Waals surface area contributed by atoms with Crippen molar-refractivity contribution in [2.24, 2.45) is 0 Å². The lowest BCUT2D eigenvalue weighted by Crippen LogP contribution is -2.06. The van der Waals surface area contributed by atoms with E-state index in [2.05, 4.69) is 31.2 Å². The van der Waals surface area contributed by atoms with E-state index in [0.717, 1.165) is 4.47 Å². The number of hydrogen-bond donors (Lipinski definition) is 1. The molecule has 0 amide bonds. The Kier molecular flexibility index (Phi) is 3.04. The summed E-state index contributed by atoms with van der Waals surface area (Å²) in [5, 5.41) is 0. The van der Waals surface area contributed by atoms with E-state index < -0.39 is 5.97 Å². The molecular formula is C7H7BrN2O2. The number of hydrogen-bond acceptors (Lipinski definition) is 4. The van der Waals surface area contributed by atoms with Crippen molar-refractivity contribution in [3.8, 4) is 0 Å². The van der Waals surface area contributed by atoms with Crippen molar-refractivity contribution in [1.29, 1.82) is 0 Å². The highest BCUT2D eigenvalue weighted by Crippen LogP contribution is 2.09. The van der Waals surface area contributed by atoms with Gasteiger partial charge in [0.1, 0.15) is 0 Å². The number of anilines is 1. The molecule has 0 aliphatic rings. The summed E-state index contributed by atoms with van der Waals surface area (Å²) in [6.07, 6.45) is 1.60. The maximum Gasteiger partial charge on any atom is 0.329 e. The molecule has 64 valence electrons. The number of rotatable bonds is 2. The van der Waals surface area contributed by atoms with Gasteiger partial charge in [-0.05, 0) is 28.1 Å². The summed E-state index contributed by atoms with van der Waals surface area (Å²) in [4.78, 5) is 18.8. The summed E-state index contributed by atoms with van der Waals surface area (Å²) >= 11 is 3.23. The molecule has 0 aliphatic carbocycles. The van der Waals surface area contributed by atoms with E-state index in [0.29, 0.717) is 5.82 Å². The molecule has 1 N–H and O–H groups in total. The van der Waals surface area contributed by atoms with Crippen molar-refractivity contribution in [1.82, 2.24) is 4.98 Å². The molecule has 1 heterocycles. The van der Waals surface area contributed by atoms with Gasteiger partial charge in [-0.1, -0.05) is 0 Å². The van der Waals surface area contributed by atoms with E-state index in [1.54, 1.807) is 18.3 Å². The maximum atomic E-state index is 10.4. The maximum absolute atomic E-state index is 10.4. The van der Waals surface area contributed by atoms with Crippen LogP contribution in [0, 0.1) is 0 Å². The molecule has 1 aromatic rings. The molecule has 0 fully saturated rings. The monoisotopic (exact) mass is 230 g/mol. The minimum atomic E-state index is -0.403. The fourth-order valence-corrected chi connectivity index (χ4v) is 0.795. The van der Waals surface area contributed by atoms with Gasteiger partial charge in [0.2, 0.25) is 0 Å². The lowest BCUT2D eigenvalue weighted by molar-refractivity contribution is -0.138. The minimum absolute atomic E-state index is 0.403. The Bertz CT molecular complexity index is 273. The second-order valence-corrected chi connectivity index (χ2v) is 2.97. The zero-order chi connectivity index (χ0) is 8.97. The third kappa shape index (κ3) is 2.87. The molecule has 0 bridgehead atoms. The van der Waals surface area contributed by atoms with Crippen molar-refractivity contribution in [2.45, 2.75) is 6.92 Å². The molecule has 0 aromatic carbocycles. The van der Waals surface area contributed by atoms with Crippen LogP contribution < -0.4 is 5.48 Å². The van der Waals surface area contributed by atoms with E-state index in [-0.39, 0.29) is 0 Å². The third-order valence-electron chi connectivity index (χ3n) is 1.03. The molecular weight excluding hydrogens is 224 g/mol. The fourth-order valence-electron chi connectivity index (χ4n) is 0.560. The van der Waals surface area contributed by atoms with Gasteiger partial charge in [0.05, 0.1) is 0 Å². The predicted octanol–water partition coefficient (Wildman–Crippen LogP) is 1.73. The molecule has 0 saturated heterocycles. The summed E-state index contributed by atoms with van der Waals surface area (Å²) in [5.41, 5.74) is 2.39. The number of pyridine rings is 1. The van der Waals surface area contributed by atoms with Gasteiger partial charge >= 0.3 is 5.97 Å². The Balaban J connectivity index is 2.53. The minimum Gasteiger partial charge on any atom is -0.342 e. The molecule has 0 unspecified atom stereocenters. The van der Waals surface area contributed by atoms with Gasteiger partial charge in [-0.15, -0.1) is 0 Å². The van der Waals surface area contributed by atoms with E-state index >= 15 is 0 Å². The Morgan fingerprint density at radius 3 is 2.92 bits per heavy atom. The third-order valence-corrected chi connectivity index (χ3v) is 1.50. The predicted molar refractivity (Wildman–Crippen MR) is 47.3 cm³/mol. The molecule has 1 rings (SSSR count). The quantitative estimate of drug-likeness (QED) is 0.787. The summed E-state index contributed by atoms with van der Waals surface area (Å²) < 4.78 is 0.871. The summed E-state index contributed by atoms with van der Waals surface area (Å²) in [5.74, 6) is 0.0909. The largest absolute Gasteiger partial charge is 0.342 e. The van der Waals surface area contributed by atoms with Crippen LogP contribution >= 0.6 is 15.9 Å². The molecule has 12 heavy (non-hydrogen) atoms. The number of carbonyl (C=O) groups is 1. The van der Waals surface area contributed by atoms with E-state index in [4.69, 9.17) is 0 Å². The molecule has 0 aliphatic heterocycles. The number of nitrogens with zero attached hydrogens (tertiary/aromatic N) is 1. The van der Waals surface area contributed by atoms with Crippen LogP contribution in [0.5, 0.6) is 0 Å². The Morgan fingerprint density at radius 1 is 1.67 bits per heavy atom. The van der Waals surface area contributed by atoms with Gasteiger partial charge in [0.15, 0.2) is 5.82 Å². The molecule has 0 spiro atoms. The van der Waals surface area contributed by atoms with Crippen LogP contribution in [0.3, 0.4) is 0 Å². The smallest absolute Gasteiger partial charge is 0.329 e. The first kappa shape index (κ1) is 8.99. The normalized spacial score (nSPS) is 9.17. The van der Waals surface area contributed by atoms with Gasteiger partial charge < -0.3 is 4.84 Å². The molecule has 5 heteroatoms. The Labute approximate surface area is 78.0 Å². The van der Waals surface area contributed by atoms with Crippen LogP contribution in [-0.2, 0) is 9.63 Å². The summed E-state index contributed by atoms with van der Waals surface area (Å²) in [6.45, 7) is 1.31. The molecule has 4 nitrogen and oxygen atoms in total. The highest BCUT2D eigenvalue weighted by atomic mass is 79.9. The first-order valence-corrected chi connectivity index (χ1v) is 4.03. The number of carbonyl (C=O) groups excluding carboxylic acids is 1. The summed E-state index contributed by atoms with van der Waals surface area (Å²) in [6, 6.07) is 3.48. The first-order valence-electron chi connectivity index (χ1n) is 3.23. The Hall–Kier alpha value is -1.10. The lowest BCUT2D eigenvalue weighted by Gasteiger charge is -2.02. The highest BCUT2D eigenvalue weighted by Gasteiger charge is 1.94. The number of nitrogens with one attached hydrogen (secondary N) is 1. The van der Waals surface area contributed by atoms with E-state index in [1.165, 1.54) is 6.92 Å². The van der Waals surface area contributed by atoms with Gasteiger partial charge in [0, 0.05) is 17.6 Å². The van der Waals surface area contributed by atoms with E-state index in [9.17, 15) is 4.79 Å². The second kappa shape index (κ2) is 4.06. The topological polar surface area (TPSA) is 51.2 Å². The zero-order valence-electron chi connectivity index (χ0n) is 6.37. The molecule has 0 atom stereocenters. The fraction of sp³-hybridized carbons (Fsp3) is 0.143. The van der Waals surface area contributed by atoms with Crippen LogP contribution in [0.15, 0.2) is 22.8 Å². The van der Waals surface area contributed by atoms with Crippen molar-refractivity contribution < 1.29 is 9.63 Å². The lowest BCUT2D eigenvalue weighted by atomic mass is 10.5. The van der Waals surface area contributed by atoms with Crippen LogP contribution in [-0.4, -0.2) is 11.0 Å². The summed E-state index contributed by atoms with van der Waals surface area (Å²) in [7, 11) is 0. The van der Waals surface area contributed by atoms with Crippen LogP contribution in [0.25, 0.3) is 0 Å². The standard InChI is InChI=1S/C7H7BrN2O2/c1-5(11)12-10-7-3-2-6(8)4-9-7/h2-4H,1H3,(H,9,10). The van der Waals surface area contributed by atoms with Crippen LogP contribution in [0.2, 0.25) is 0 Å². The average molecular weight is 231 g/mol. The molecule has 0 radical (unpaired) electrons. The zero-order valence-corrected chi connectivity index (χ0v) is 7.96. The molecule has 0 saturated carbocycles. The van der Waals surface area contributed by atoms with Gasteiger partial charge in [-0.25, -0.2) is 10.5 Å². The van der Waals surface area contributed by atoms with Crippen LogP contribution in [0.1, 0.15) is 6.92 Å². The SMILES string of the molecule is CC(=O)ONc1ccc(Br)cn1. The van der Waals surface area contributed by atoms with Crippen molar-refractivity contribution >= 4 is 27.7 Å². The van der Waals surface area contributed by atoms with E-state index in [1.807, 2.05) is 0 Å². The first-order chi connectivity index (χ1) is 5.68. The van der Waals surface area contributed by atoms with Crippen molar-refractivity contribution in [3.05, 3.63) is 22.8 Å². The number of aromatic nitrogens is 1.